The molecule has 29 heavy (non-hydrogen) atoms. The minimum absolute atomic E-state index is 0.234. The van der Waals surface area contributed by atoms with E-state index in [0.29, 0.717) is 18.0 Å². The first-order valence-corrected chi connectivity index (χ1v) is 9.72. The predicted molar refractivity (Wildman–Crippen MR) is 109 cm³/mol. The van der Waals surface area contributed by atoms with Crippen LogP contribution in [0.15, 0.2) is 71.3 Å². The van der Waals surface area contributed by atoms with Crippen molar-refractivity contribution in [3.8, 4) is 5.75 Å². The van der Waals surface area contributed by atoms with Crippen molar-refractivity contribution in [3.05, 3.63) is 84.1 Å². The highest BCUT2D eigenvalue weighted by atomic mass is 19.1. The Morgan fingerprint density at radius 1 is 1.14 bits per heavy atom. The molecular formula is C23H23FN2O3. The largest absolute Gasteiger partial charge is 0.489 e. The van der Waals surface area contributed by atoms with Crippen molar-refractivity contribution in [3.63, 3.8) is 0 Å². The van der Waals surface area contributed by atoms with E-state index in [2.05, 4.69) is 10.2 Å². The number of nitrogens with one attached hydrogen (secondary N) is 1. The normalized spacial score (nSPS) is 16.0. The summed E-state index contributed by atoms with van der Waals surface area (Å²) in [6, 6.07) is 17.7. The minimum Gasteiger partial charge on any atom is -0.489 e. The maximum Gasteiger partial charge on any atom is 0.287 e. The number of ether oxygens (including phenoxy) is 1. The second-order valence-corrected chi connectivity index (χ2v) is 7.16. The smallest absolute Gasteiger partial charge is 0.287 e. The van der Waals surface area contributed by atoms with E-state index in [4.69, 9.17) is 9.15 Å². The minimum atomic E-state index is -0.234. The van der Waals surface area contributed by atoms with Crippen molar-refractivity contribution < 1.29 is 18.3 Å². The molecule has 0 aliphatic carbocycles. The van der Waals surface area contributed by atoms with E-state index in [1.165, 1.54) is 18.4 Å². The van der Waals surface area contributed by atoms with Crippen molar-refractivity contribution in [2.45, 2.75) is 13.0 Å². The Kier molecular flexibility index (Phi) is 5.79. The summed E-state index contributed by atoms with van der Waals surface area (Å²) in [5.41, 5.74) is 1.72. The quantitative estimate of drug-likeness (QED) is 0.651. The Morgan fingerprint density at radius 2 is 1.93 bits per heavy atom. The number of amides is 1. The first-order chi connectivity index (χ1) is 14.2. The van der Waals surface area contributed by atoms with E-state index >= 15 is 0 Å². The van der Waals surface area contributed by atoms with E-state index in [1.54, 1.807) is 18.2 Å². The summed E-state index contributed by atoms with van der Waals surface area (Å²) >= 11 is 0. The van der Waals surface area contributed by atoms with Gasteiger partial charge in [0.25, 0.3) is 5.91 Å². The third kappa shape index (κ3) is 4.77. The lowest BCUT2D eigenvalue weighted by molar-refractivity contribution is 0.0917. The van der Waals surface area contributed by atoms with Gasteiger partial charge in [-0.1, -0.05) is 18.2 Å². The van der Waals surface area contributed by atoms with E-state index in [0.717, 1.165) is 30.9 Å². The number of anilines is 1. The van der Waals surface area contributed by atoms with E-state index in [-0.39, 0.29) is 24.1 Å². The molecular weight excluding hydrogens is 371 g/mol. The molecule has 4 rings (SSSR count). The molecule has 1 aliphatic rings. The molecule has 1 saturated heterocycles. The zero-order valence-corrected chi connectivity index (χ0v) is 16.0. The van der Waals surface area contributed by atoms with Crippen LogP contribution in [-0.2, 0) is 6.61 Å². The molecule has 0 spiro atoms. The van der Waals surface area contributed by atoms with Crippen LogP contribution in [0.25, 0.3) is 0 Å². The summed E-state index contributed by atoms with van der Waals surface area (Å²) in [4.78, 5) is 14.8. The molecule has 2 heterocycles. The zero-order chi connectivity index (χ0) is 20.1. The van der Waals surface area contributed by atoms with E-state index < -0.39 is 0 Å². The van der Waals surface area contributed by atoms with Crippen LogP contribution < -0.4 is 15.0 Å². The average molecular weight is 394 g/mol. The molecule has 1 aromatic heterocycles. The monoisotopic (exact) mass is 394 g/mol. The number of para-hydroxylation sites is 1. The SMILES string of the molecule is O=C(NCC1CCN(c2ccc(F)cc2)C1)c1occc1COc1ccccc1. The number of benzene rings is 2. The molecule has 150 valence electrons. The molecule has 3 aromatic rings. The highest BCUT2D eigenvalue weighted by Crippen LogP contribution is 2.24. The molecule has 6 heteroatoms. The van der Waals surface area contributed by atoms with Crippen LogP contribution in [-0.4, -0.2) is 25.5 Å². The van der Waals surface area contributed by atoms with Gasteiger partial charge in [0.15, 0.2) is 5.76 Å². The number of carbonyl (C=O) groups excluding carboxylic acids is 1. The second kappa shape index (κ2) is 8.82. The maximum atomic E-state index is 13.1. The average Bonchev–Trinajstić information content (AvgIpc) is 3.41. The topological polar surface area (TPSA) is 54.7 Å². The van der Waals surface area contributed by atoms with Gasteiger partial charge in [0.05, 0.1) is 6.26 Å². The summed E-state index contributed by atoms with van der Waals surface area (Å²) in [5.74, 6) is 0.897. The number of carbonyl (C=O) groups is 1. The molecule has 1 amide bonds. The van der Waals surface area contributed by atoms with Gasteiger partial charge >= 0.3 is 0 Å². The van der Waals surface area contributed by atoms with Crippen LogP contribution in [0.4, 0.5) is 10.1 Å². The third-order valence-corrected chi connectivity index (χ3v) is 5.12. The predicted octanol–water partition coefficient (Wildman–Crippen LogP) is 4.25. The first kappa shape index (κ1) is 19.1. The molecule has 0 bridgehead atoms. The van der Waals surface area contributed by atoms with Crippen molar-refractivity contribution >= 4 is 11.6 Å². The van der Waals surface area contributed by atoms with Gasteiger partial charge in [0.1, 0.15) is 18.2 Å². The molecule has 0 radical (unpaired) electrons. The molecule has 1 fully saturated rings. The Morgan fingerprint density at radius 3 is 2.72 bits per heavy atom. The second-order valence-electron chi connectivity index (χ2n) is 7.16. The molecule has 1 N–H and O–H groups in total. The van der Waals surface area contributed by atoms with Crippen molar-refractivity contribution in [2.75, 3.05) is 24.5 Å². The fourth-order valence-electron chi connectivity index (χ4n) is 3.53. The number of rotatable bonds is 7. The van der Waals surface area contributed by atoms with Gasteiger partial charge in [-0.15, -0.1) is 0 Å². The van der Waals surface area contributed by atoms with Crippen LogP contribution in [0.1, 0.15) is 22.5 Å². The van der Waals surface area contributed by atoms with Crippen LogP contribution in [0, 0.1) is 11.7 Å². The van der Waals surface area contributed by atoms with Gasteiger partial charge in [-0.3, -0.25) is 4.79 Å². The Bertz CT molecular complexity index is 940. The Labute approximate surface area is 169 Å². The Balaban J connectivity index is 1.28. The van der Waals surface area contributed by atoms with Gasteiger partial charge in [0, 0.05) is 30.9 Å². The number of hydrogen-bond acceptors (Lipinski definition) is 4. The van der Waals surface area contributed by atoms with Crippen LogP contribution in [0.3, 0.4) is 0 Å². The van der Waals surface area contributed by atoms with E-state index in [9.17, 15) is 9.18 Å². The first-order valence-electron chi connectivity index (χ1n) is 9.72. The van der Waals surface area contributed by atoms with Gasteiger partial charge < -0.3 is 19.4 Å². The molecule has 5 nitrogen and oxygen atoms in total. The summed E-state index contributed by atoms with van der Waals surface area (Å²) in [7, 11) is 0. The van der Waals surface area contributed by atoms with Gasteiger partial charge in [-0.2, -0.15) is 0 Å². The summed E-state index contributed by atoms with van der Waals surface area (Å²) in [6.07, 6.45) is 2.48. The van der Waals surface area contributed by atoms with Crippen molar-refractivity contribution in [1.29, 1.82) is 0 Å². The number of nitrogens with zero attached hydrogens (tertiary/aromatic N) is 1. The number of hydrogen-bond donors (Lipinski definition) is 1. The summed E-state index contributed by atoms with van der Waals surface area (Å²) < 4.78 is 24.2. The Hall–Kier alpha value is -3.28. The van der Waals surface area contributed by atoms with Crippen LogP contribution in [0.5, 0.6) is 5.75 Å². The lowest BCUT2D eigenvalue weighted by Crippen LogP contribution is -2.31. The van der Waals surface area contributed by atoms with Crippen LogP contribution in [0.2, 0.25) is 0 Å². The maximum absolute atomic E-state index is 13.1. The molecule has 0 saturated carbocycles. The standard InChI is InChI=1S/C23H23FN2O3/c24-19-6-8-20(9-7-19)26-12-10-17(15-26)14-25-23(27)22-18(11-13-28-22)16-29-21-4-2-1-3-5-21/h1-9,11,13,17H,10,12,14-16H2,(H,25,27). The lowest BCUT2D eigenvalue weighted by Gasteiger charge is -2.18. The lowest BCUT2D eigenvalue weighted by atomic mass is 10.1. The number of halogens is 1. The summed E-state index contributed by atoms with van der Waals surface area (Å²) in [5, 5.41) is 2.97. The summed E-state index contributed by atoms with van der Waals surface area (Å²) in [6.45, 7) is 2.55. The molecule has 1 unspecified atom stereocenters. The van der Waals surface area contributed by atoms with Crippen molar-refractivity contribution in [1.82, 2.24) is 5.32 Å². The highest BCUT2D eigenvalue weighted by molar-refractivity contribution is 5.92. The van der Waals surface area contributed by atoms with Gasteiger partial charge in [0.2, 0.25) is 0 Å². The van der Waals surface area contributed by atoms with Crippen LogP contribution >= 0.6 is 0 Å². The fourth-order valence-corrected chi connectivity index (χ4v) is 3.53. The van der Waals surface area contributed by atoms with E-state index in [1.807, 2.05) is 30.3 Å². The number of furan rings is 1. The molecule has 1 atom stereocenters. The van der Waals surface area contributed by atoms with Crippen molar-refractivity contribution in [2.24, 2.45) is 5.92 Å². The van der Waals surface area contributed by atoms with Gasteiger partial charge in [-0.05, 0) is 54.8 Å². The third-order valence-electron chi connectivity index (χ3n) is 5.12. The molecule has 1 aliphatic heterocycles. The van der Waals surface area contributed by atoms with Gasteiger partial charge in [-0.25, -0.2) is 4.39 Å². The fraction of sp³-hybridized carbons (Fsp3) is 0.261. The zero-order valence-electron chi connectivity index (χ0n) is 16.0. The highest BCUT2D eigenvalue weighted by Gasteiger charge is 2.24. The molecule has 2 aromatic carbocycles.